The predicted octanol–water partition coefficient (Wildman–Crippen LogP) is 4.36. The Labute approximate surface area is 175 Å². The molecule has 1 aromatic heterocycles. The number of halogens is 1. The molecule has 0 aliphatic rings. The van der Waals surface area contributed by atoms with E-state index >= 15 is 0 Å². The molecule has 0 aliphatic heterocycles. The van der Waals surface area contributed by atoms with Crippen molar-refractivity contribution < 1.29 is 9.53 Å². The van der Waals surface area contributed by atoms with Crippen molar-refractivity contribution in [1.29, 1.82) is 0 Å². The molecule has 3 rings (SSSR count). The van der Waals surface area contributed by atoms with Gasteiger partial charge in [-0.3, -0.25) is 4.79 Å². The molecule has 150 valence electrons. The number of carbonyl (C=O) groups is 1. The van der Waals surface area contributed by atoms with Crippen LogP contribution in [0.15, 0.2) is 53.6 Å². The summed E-state index contributed by atoms with van der Waals surface area (Å²) in [5.41, 5.74) is 6.72. The van der Waals surface area contributed by atoms with Crippen LogP contribution >= 0.6 is 11.6 Å². The van der Waals surface area contributed by atoms with E-state index in [2.05, 4.69) is 27.8 Å². The fourth-order valence-corrected chi connectivity index (χ4v) is 3.06. The van der Waals surface area contributed by atoms with E-state index in [-0.39, 0.29) is 5.91 Å². The number of aryl methyl sites for hydroxylation is 2. The molecule has 0 aliphatic carbocycles. The van der Waals surface area contributed by atoms with Crippen LogP contribution in [0, 0.1) is 13.8 Å². The van der Waals surface area contributed by atoms with Crippen LogP contribution in [0.2, 0.25) is 5.15 Å². The van der Waals surface area contributed by atoms with E-state index in [1.807, 2.05) is 32.9 Å². The fourth-order valence-electron chi connectivity index (χ4n) is 2.77. The van der Waals surface area contributed by atoms with Crippen LogP contribution in [0.25, 0.3) is 0 Å². The summed E-state index contributed by atoms with van der Waals surface area (Å²) in [6.07, 6.45) is 1.52. The number of amides is 1. The second kappa shape index (κ2) is 9.39. The number of carbonyl (C=O) groups excluding carboxylic acids is 1. The molecular weight excluding hydrogens is 388 g/mol. The van der Waals surface area contributed by atoms with E-state index < -0.39 is 0 Å². The molecule has 0 unspecified atom stereocenters. The first-order chi connectivity index (χ1) is 14.0. The highest BCUT2D eigenvalue weighted by Crippen LogP contribution is 2.19. The normalized spacial score (nSPS) is 11.0. The van der Waals surface area contributed by atoms with Crippen LogP contribution in [0.1, 0.15) is 39.7 Å². The largest absolute Gasteiger partial charge is 0.494 e. The third-order valence-corrected chi connectivity index (χ3v) is 4.75. The zero-order chi connectivity index (χ0) is 20.8. The lowest BCUT2D eigenvalue weighted by Gasteiger charge is -2.04. The Hall–Kier alpha value is -3.12. The first kappa shape index (κ1) is 20.6. The maximum absolute atomic E-state index is 12.2. The maximum atomic E-state index is 12.2. The number of rotatable bonds is 7. The highest BCUT2D eigenvalue weighted by molar-refractivity contribution is 6.32. The summed E-state index contributed by atoms with van der Waals surface area (Å²) in [7, 11) is 0. The molecule has 0 radical (unpaired) electrons. The summed E-state index contributed by atoms with van der Waals surface area (Å²) >= 11 is 6.47. The van der Waals surface area contributed by atoms with Gasteiger partial charge in [-0.15, -0.1) is 0 Å². The molecule has 0 bridgehead atoms. The Bertz CT molecular complexity index is 1010. The van der Waals surface area contributed by atoms with Gasteiger partial charge in [-0.2, -0.15) is 10.2 Å². The average molecular weight is 411 g/mol. The van der Waals surface area contributed by atoms with E-state index in [0.29, 0.717) is 29.4 Å². The second-order valence-corrected chi connectivity index (χ2v) is 6.95. The number of ether oxygens (including phenoxy) is 1. The van der Waals surface area contributed by atoms with Gasteiger partial charge in [0.25, 0.3) is 5.91 Å². The molecule has 7 heteroatoms. The average Bonchev–Trinajstić information content (AvgIpc) is 2.98. The second-order valence-electron chi connectivity index (χ2n) is 6.59. The Kier molecular flexibility index (Phi) is 6.67. The topological polar surface area (TPSA) is 68.5 Å². The van der Waals surface area contributed by atoms with Crippen LogP contribution < -0.4 is 10.2 Å². The van der Waals surface area contributed by atoms with Crippen LogP contribution in [0.5, 0.6) is 5.75 Å². The monoisotopic (exact) mass is 410 g/mol. The number of nitrogens with zero attached hydrogens (tertiary/aromatic N) is 3. The van der Waals surface area contributed by atoms with Crippen molar-refractivity contribution in [3.05, 3.63) is 81.6 Å². The molecule has 29 heavy (non-hydrogen) atoms. The smallest absolute Gasteiger partial charge is 0.271 e. The summed E-state index contributed by atoms with van der Waals surface area (Å²) in [6, 6.07) is 15.1. The van der Waals surface area contributed by atoms with Crippen LogP contribution in [0.4, 0.5) is 0 Å². The van der Waals surface area contributed by atoms with Crippen LogP contribution in [0.3, 0.4) is 0 Å². The number of hydrogen-bond donors (Lipinski definition) is 1. The van der Waals surface area contributed by atoms with E-state index in [0.717, 1.165) is 17.0 Å². The summed E-state index contributed by atoms with van der Waals surface area (Å²) in [4.78, 5) is 12.2. The van der Waals surface area contributed by atoms with Gasteiger partial charge in [0.05, 0.1) is 30.6 Å². The Balaban J connectivity index is 1.66. The summed E-state index contributed by atoms with van der Waals surface area (Å²) in [5.74, 6) is 0.404. The molecule has 3 aromatic rings. The van der Waals surface area contributed by atoms with Gasteiger partial charge in [-0.05, 0) is 50.6 Å². The van der Waals surface area contributed by atoms with Crippen molar-refractivity contribution in [3.8, 4) is 5.75 Å². The molecule has 0 atom stereocenters. The van der Waals surface area contributed by atoms with Gasteiger partial charge in [0.15, 0.2) is 0 Å². The standard InChI is InChI=1S/C22H23ClN4O2/c1-4-29-19-11-9-18(10-12-19)22(28)25-24-13-20-16(3)26-27(21(20)23)14-17-7-5-15(2)6-8-17/h5-13H,4,14H2,1-3H3,(H,25,28)/b24-13-. The molecule has 0 spiro atoms. The minimum atomic E-state index is -0.315. The molecule has 1 N–H and O–H groups in total. The summed E-state index contributed by atoms with van der Waals surface area (Å²) < 4.78 is 7.09. The molecule has 2 aromatic carbocycles. The number of hydrazone groups is 1. The predicted molar refractivity (Wildman–Crippen MR) is 115 cm³/mol. The highest BCUT2D eigenvalue weighted by Gasteiger charge is 2.12. The van der Waals surface area contributed by atoms with E-state index in [1.165, 1.54) is 11.8 Å². The lowest BCUT2D eigenvalue weighted by molar-refractivity contribution is 0.0955. The number of benzene rings is 2. The van der Waals surface area contributed by atoms with E-state index in [4.69, 9.17) is 16.3 Å². The lowest BCUT2D eigenvalue weighted by atomic mass is 10.1. The molecule has 0 saturated carbocycles. The molecule has 1 amide bonds. The SMILES string of the molecule is CCOc1ccc(C(=O)N/N=C\c2c(C)nn(Cc3ccc(C)cc3)c2Cl)cc1. The van der Waals surface area contributed by atoms with Crippen molar-refractivity contribution in [2.24, 2.45) is 5.10 Å². The molecule has 0 saturated heterocycles. The van der Waals surface area contributed by atoms with Crippen molar-refractivity contribution in [1.82, 2.24) is 15.2 Å². The number of aromatic nitrogens is 2. The summed E-state index contributed by atoms with van der Waals surface area (Å²) in [6.45, 7) is 6.95. The van der Waals surface area contributed by atoms with Gasteiger partial charge in [-0.1, -0.05) is 41.4 Å². The third kappa shape index (κ3) is 5.23. The summed E-state index contributed by atoms with van der Waals surface area (Å²) in [5, 5.41) is 8.99. The molecule has 6 nitrogen and oxygen atoms in total. The van der Waals surface area contributed by atoms with Gasteiger partial charge >= 0.3 is 0 Å². The Morgan fingerprint density at radius 1 is 1.17 bits per heavy atom. The van der Waals surface area contributed by atoms with Gasteiger partial charge in [0.2, 0.25) is 0 Å². The zero-order valence-corrected chi connectivity index (χ0v) is 17.4. The fraction of sp³-hybridized carbons (Fsp3) is 0.227. The van der Waals surface area contributed by atoms with E-state index in [1.54, 1.807) is 28.9 Å². The lowest BCUT2D eigenvalue weighted by Crippen LogP contribution is -2.17. The molecular formula is C22H23ClN4O2. The minimum Gasteiger partial charge on any atom is -0.494 e. The van der Waals surface area contributed by atoms with Gasteiger partial charge in [0, 0.05) is 5.56 Å². The van der Waals surface area contributed by atoms with Crippen molar-refractivity contribution in [3.63, 3.8) is 0 Å². The molecule has 1 heterocycles. The third-order valence-electron chi connectivity index (χ3n) is 4.35. The van der Waals surface area contributed by atoms with Crippen LogP contribution in [-0.4, -0.2) is 28.5 Å². The highest BCUT2D eigenvalue weighted by atomic mass is 35.5. The molecule has 0 fully saturated rings. The van der Waals surface area contributed by atoms with Crippen molar-refractivity contribution in [2.45, 2.75) is 27.3 Å². The van der Waals surface area contributed by atoms with Crippen molar-refractivity contribution in [2.75, 3.05) is 6.61 Å². The first-order valence-electron chi connectivity index (χ1n) is 9.32. The van der Waals surface area contributed by atoms with Crippen LogP contribution in [-0.2, 0) is 6.54 Å². The first-order valence-corrected chi connectivity index (χ1v) is 9.70. The van der Waals surface area contributed by atoms with Gasteiger partial charge in [0.1, 0.15) is 10.9 Å². The Morgan fingerprint density at radius 2 is 1.86 bits per heavy atom. The maximum Gasteiger partial charge on any atom is 0.271 e. The number of nitrogens with one attached hydrogen (secondary N) is 1. The van der Waals surface area contributed by atoms with Gasteiger partial charge < -0.3 is 4.74 Å². The minimum absolute atomic E-state index is 0.315. The van der Waals surface area contributed by atoms with Gasteiger partial charge in [-0.25, -0.2) is 10.1 Å². The zero-order valence-electron chi connectivity index (χ0n) is 16.6. The number of hydrogen-bond acceptors (Lipinski definition) is 4. The van der Waals surface area contributed by atoms with Crippen molar-refractivity contribution >= 4 is 23.7 Å². The quantitative estimate of drug-likeness (QED) is 0.464. The van der Waals surface area contributed by atoms with E-state index in [9.17, 15) is 4.79 Å². The Morgan fingerprint density at radius 3 is 2.52 bits per heavy atom.